The molecule has 6 nitrogen and oxygen atoms in total. The molecule has 0 spiro atoms. The Balaban J connectivity index is 1.72. The van der Waals surface area contributed by atoms with E-state index in [0.29, 0.717) is 16.4 Å². The quantitative estimate of drug-likeness (QED) is 0.324. The molecule has 0 radical (unpaired) electrons. The van der Waals surface area contributed by atoms with Crippen molar-refractivity contribution >= 4 is 38.8 Å². The van der Waals surface area contributed by atoms with Crippen molar-refractivity contribution in [2.45, 2.75) is 13.8 Å². The molecular formula is C26H18N4O2S. The molecule has 3 heterocycles. The van der Waals surface area contributed by atoms with E-state index in [4.69, 9.17) is 4.74 Å². The van der Waals surface area contributed by atoms with Gasteiger partial charge in [-0.3, -0.25) is 9.20 Å². The molecule has 7 heteroatoms. The van der Waals surface area contributed by atoms with Crippen molar-refractivity contribution < 1.29 is 4.74 Å². The molecule has 3 aromatic heterocycles. The van der Waals surface area contributed by atoms with Gasteiger partial charge in [-0.1, -0.05) is 30.3 Å². The lowest BCUT2D eigenvalue weighted by molar-refractivity contribution is 0.457. The highest BCUT2D eigenvalue weighted by Gasteiger charge is 2.17. The third-order valence-electron chi connectivity index (χ3n) is 5.43. The van der Waals surface area contributed by atoms with Gasteiger partial charge in [0.2, 0.25) is 5.88 Å². The summed E-state index contributed by atoms with van der Waals surface area (Å²) in [5.41, 5.74) is 3.42. The van der Waals surface area contributed by atoms with Crippen molar-refractivity contribution in [3.8, 4) is 17.7 Å². The second-order valence-corrected chi connectivity index (χ2v) is 8.55. The summed E-state index contributed by atoms with van der Waals surface area (Å²) in [6.45, 7) is 3.95. The first-order chi connectivity index (χ1) is 16.0. The maximum atomic E-state index is 13.4. The number of allylic oxidation sites excluding steroid dienone is 1. The van der Waals surface area contributed by atoms with Gasteiger partial charge in [0.15, 0.2) is 0 Å². The van der Waals surface area contributed by atoms with E-state index in [1.54, 1.807) is 24.4 Å². The third-order valence-corrected chi connectivity index (χ3v) is 6.50. The van der Waals surface area contributed by atoms with E-state index in [0.717, 1.165) is 21.3 Å². The average Bonchev–Trinajstić information content (AvgIpc) is 3.26. The Hall–Kier alpha value is -4.28. The number of hydrogen-bond acceptors (Lipinski definition) is 6. The van der Waals surface area contributed by atoms with Crippen LogP contribution in [-0.2, 0) is 0 Å². The molecule has 160 valence electrons. The fraction of sp³-hybridized carbons (Fsp3) is 0.0769. The van der Waals surface area contributed by atoms with Crippen LogP contribution < -0.4 is 10.3 Å². The van der Waals surface area contributed by atoms with Crippen molar-refractivity contribution in [1.29, 1.82) is 5.26 Å². The number of hydrogen-bond donors (Lipinski definition) is 0. The van der Waals surface area contributed by atoms with E-state index in [9.17, 15) is 10.1 Å². The van der Waals surface area contributed by atoms with E-state index < -0.39 is 0 Å². The number of benzene rings is 2. The van der Waals surface area contributed by atoms with E-state index in [1.807, 2.05) is 56.3 Å². The third kappa shape index (κ3) is 3.77. The first-order valence-corrected chi connectivity index (χ1v) is 11.1. The minimum Gasteiger partial charge on any atom is -0.438 e. The largest absolute Gasteiger partial charge is 0.438 e. The van der Waals surface area contributed by atoms with Crippen LogP contribution in [0.15, 0.2) is 71.7 Å². The molecule has 0 amide bonds. The molecule has 0 saturated heterocycles. The second kappa shape index (κ2) is 8.34. The molecule has 0 fully saturated rings. The maximum absolute atomic E-state index is 13.4. The first kappa shape index (κ1) is 20.6. The molecule has 0 N–H and O–H groups in total. The smallest absolute Gasteiger partial charge is 0.269 e. The molecule has 0 bridgehead atoms. The summed E-state index contributed by atoms with van der Waals surface area (Å²) in [5, 5.41) is 10.4. The summed E-state index contributed by atoms with van der Waals surface area (Å²) in [6.07, 6.45) is 3.17. The zero-order valence-electron chi connectivity index (χ0n) is 17.9. The number of aryl methyl sites for hydroxylation is 1. The molecule has 0 aliphatic rings. The molecular weight excluding hydrogens is 432 g/mol. The molecule has 5 aromatic rings. The van der Waals surface area contributed by atoms with Crippen LogP contribution in [0.1, 0.15) is 21.7 Å². The van der Waals surface area contributed by atoms with Gasteiger partial charge in [0, 0.05) is 6.20 Å². The van der Waals surface area contributed by atoms with Gasteiger partial charge in [0.05, 0.1) is 15.8 Å². The van der Waals surface area contributed by atoms with Crippen molar-refractivity contribution in [3.05, 3.63) is 98.9 Å². The van der Waals surface area contributed by atoms with Crippen LogP contribution in [0.3, 0.4) is 0 Å². The molecule has 5 rings (SSSR count). The van der Waals surface area contributed by atoms with Crippen LogP contribution in [0.25, 0.3) is 27.5 Å². The highest BCUT2D eigenvalue weighted by Crippen LogP contribution is 2.31. The Bertz CT molecular complexity index is 1620. The number of pyridine rings is 1. The number of nitrogens with zero attached hydrogens (tertiary/aromatic N) is 4. The molecule has 0 saturated carbocycles. The van der Waals surface area contributed by atoms with E-state index in [2.05, 4.69) is 16.0 Å². The average molecular weight is 451 g/mol. The SMILES string of the molecule is Cc1cccc(Oc2nc3ccccn3c(=O)c2/C=C(\C#N)c2nc3ccccc3s2)c1C. The zero-order chi connectivity index (χ0) is 22.9. The highest BCUT2D eigenvalue weighted by atomic mass is 32.1. The van der Waals surface area contributed by atoms with Crippen LogP contribution in [0.4, 0.5) is 0 Å². The van der Waals surface area contributed by atoms with Crippen LogP contribution in [-0.4, -0.2) is 14.4 Å². The number of thiazole rings is 1. The van der Waals surface area contributed by atoms with Crippen LogP contribution in [0.5, 0.6) is 11.6 Å². The molecule has 0 aliphatic carbocycles. The number of aromatic nitrogens is 3. The minimum atomic E-state index is -0.324. The van der Waals surface area contributed by atoms with Crippen molar-refractivity contribution in [2.75, 3.05) is 0 Å². The summed E-state index contributed by atoms with van der Waals surface area (Å²) < 4.78 is 8.56. The van der Waals surface area contributed by atoms with Gasteiger partial charge in [-0.25, -0.2) is 4.98 Å². The number of ether oxygens (including phenoxy) is 1. The normalized spacial score (nSPS) is 11.6. The molecule has 2 aromatic carbocycles. The summed E-state index contributed by atoms with van der Waals surface area (Å²) >= 11 is 1.40. The van der Waals surface area contributed by atoms with E-state index in [1.165, 1.54) is 21.8 Å². The van der Waals surface area contributed by atoms with Crippen LogP contribution >= 0.6 is 11.3 Å². The van der Waals surface area contributed by atoms with Crippen molar-refractivity contribution in [3.63, 3.8) is 0 Å². The fourth-order valence-electron chi connectivity index (χ4n) is 3.50. The van der Waals surface area contributed by atoms with Gasteiger partial charge in [-0.05, 0) is 61.4 Å². The lowest BCUT2D eigenvalue weighted by Gasteiger charge is -2.13. The van der Waals surface area contributed by atoms with Gasteiger partial charge in [0.25, 0.3) is 5.56 Å². The standard InChI is InChI=1S/C26H18N4O2S/c1-16-8-7-10-21(17(16)2)32-24-19(26(31)30-13-6-5-12-23(30)29-24)14-18(15-27)25-28-20-9-3-4-11-22(20)33-25/h3-14H,1-2H3/b18-14+. The van der Waals surface area contributed by atoms with Gasteiger partial charge in [-0.2, -0.15) is 10.2 Å². The number of nitriles is 1. The summed E-state index contributed by atoms with van der Waals surface area (Å²) in [7, 11) is 0. The topological polar surface area (TPSA) is 80.3 Å². The lowest BCUT2D eigenvalue weighted by atomic mass is 10.1. The second-order valence-electron chi connectivity index (χ2n) is 7.52. The van der Waals surface area contributed by atoms with Gasteiger partial charge >= 0.3 is 0 Å². The highest BCUT2D eigenvalue weighted by molar-refractivity contribution is 7.19. The molecule has 0 unspecified atom stereocenters. The summed E-state index contributed by atoms with van der Waals surface area (Å²) in [4.78, 5) is 22.6. The van der Waals surface area contributed by atoms with Crippen molar-refractivity contribution in [2.24, 2.45) is 0 Å². The van der Waals surface area contributed by atoms with E-state index in [-0.39, 0.29) is 22.6 Å². The van der Waals surface area contributed by atoms with Crippen molar-refractivity contribution in [1.82, 2.24) is 14.4 Å². The Morgan fingerprint density at radius 3 is 2.70 bits per heavy atom. The Labute approximate surface area is 193 Å². The van der Waals surface area contributed by atoms with Crippen LogP contribution in [0, 0.1) is 25.2 Å². The lowest BCUT2D eigenvalue weighted by Crippen LogP contribution is -2.18. The maximum Gasteiger partial charge on any atom is 0.269 e. The van der Waals surface area contributed by atoms with Gasteiger partial charge < -0.3 is 4.74 Å². The Morgan fingerprint density at radius 1 is 1.06 bits per heavy atom. The number of para-hydroxylation sites is 1. The van der Waals surface area contributed by atoms with Gasteiger partial charge in [-0.15, -0.1) is 11.3 Å². The minimum absolute atomic E-state index is 0.147. The fourth-order valence-corrected chi connectivity index (χ4v) is 4.43. The Morgan fingerprint density at radius 2 is 1.88 bits per heavy atom. The predicted octanol–water partition coefficient (Wildman–Crippen LogP) is 5.78. The summed E-state index contributed by atoms with van der Waals surface area (Å²) in [6, 6.07) is 20.9. The molecule has 33 heavy (non-hydrogen) atoms. The summed E-state index contributed by atoms with van der Waals surface area (Å²) in [5.74, 6) is 0.754. The van der Waals surface area contributed by atoms with Crippen LogP contribution in [0.2, 0.25) is 0 Å². The zero-order valence-corrected chi connectivity index (χ0v) is 18.8. The Kier molecular flexibility index (Phi) is 5.21. The first-order valence-electron chi connectivity index (χ1n) is 10.3. The number of fused-ring (bicyclic) bond motifs is 2. The predicted molar refractivity (Wildman–Crippen MR) is 131 cm³/mol. The molecule has 0 atom stereocenters. The van der Waals surface area contributed by atoms with E-state index >= 15 is 0 Å². The monoisotopic (exact) mass is 450 g/mol. The van der Waals surface area contributed by atoms with Gasteiger partial charge in [0.1, 0.15) is 28.0 Å². The number of rotatable bonds is 4. The molecule has 0 aliphatic heterocycles.